The molecule has 1 unspecified atom stereocenters. The Balaban J connectivity index is 1.70. The van der Waals surface area contributed by atoms with Crippen molar-refractivity contribution in [3.8, 4) is 17.2 Å². The van der Waals surface area contributed by atoms with Crippen molar-refractivity contribution in [2.24, 2.45) is 0 Å². The summed E-state index contributed by atoms with van der Waals surface area (Å²) in [6.07, 6.45) is -0.603. The van der Waals surface area contributed by atoms with Crippen LogP contribution in [0, 0.1) is 0 Å². The van der Waals surface area contributed by atoms with Crippen molar-refractivity contribution in [3.05, 3.63) is 53.6 Å². The minimum absolute atomic E-state index is 0.203. The molecular formula is C18H20ClNO4. The summed E-state index contributed by atoms with van der Waals surface area (Å²) in [5, 5.41) is 3.42. The molecule has 0 fully saturated rings. The average Bonchev–Trinajstić information content (AvgIpc) is 2.60. The second kappa shape index (κ2) is 9.03. The first-order chi connectivity index (χ1) is 11.6. The summed E-state index contributed by atoms with van der Waals surface area (Å²) in [5.74, 6) is 1.84. The van der Waals surface area contributed by atoms with Crippen molar-refractivity contribution in [2.75, 3.05) is 20.3 Å². The quantitative estimate of drug-likeness (QED) is 0.743. The Hall–Kier alpha value is -2.40. The summed E-state index contributed by atoms with van der Waals surface area (Å²) < 4.78 is 16.2. The van der Waals surface area contributed by atoms with Gasteiger partial charge in [-0.2, -0.15) is 0 Å². The highest BCUT2D eigenvalue weighted by Gasteiger charge is 2.14. The van der Waals surface area contributed by atoms with Gasteiger partial charge >= 0.3 is 0 Å². The zero-order valence-corrected chi connectivity index (χ0v) is 14.4. The molecule has 2 aromatic carbocycles. The first-order valence-corrected chi connectivity index (χ1v) is 7.93. The van der Waals surface area contributed by atoms with Crippen molar-refractivity contribution in [1.29, 1.82) is 0 Å². The van der Waals surface area contributed by atoms with Crippen LogP contribution >= 0.6 is 11.6 Å². The summed E-state index contributed by atoms with van der Waals surface area (Å²) in [5.41, 5.74) is 0. The lowest BCUT2D eigenvalue weighted by Gasteiger charge is -2.15. The Morgan fingerprint density at radius 3 is 2.25 bits per heavy atom. The summed E-state index contributed by atoms with van der Waals surface area (Å²) >= 11 is 5.80. The number of carbonyl (C=O) groups excluding carboxylic acids is 1. The first-order valence-electron chi connectivity index (χ1n) is 7.55. The Bertz CT molecular complexity index is 643. The van der Waals surface area contributed by atoms with Gasteiger partial charge in [-0.15, -0.1) is 0 Å². The maximum atomic E-state index is 12.0. The highest BCUT2D eigenvalue weighted by atomic mass is 35.5. The summed E-state index contributed by atoms with van der Waals surface area (Å²) in [6.45, 7) is 2.44. The van der Waals surface area contributed by atoms with E-state index in [0.717, 1.165) is 5.75 Å². The van der Waals surface area contributed by atoms with Crippen LogP contribution in [0.25, 0.3) is 0 Å². The lowest BCUT2D eigenvalue weighted by Crippen LogP contribution is -2.38. The fraction of sp³-hybridized carbons (Fsp3) is 0.278. The third kappa shape index (κ3) is 5.66. The highest BCUT2D eigenvalue weighted by Crippen LogP contribution is 2.18. The zero-order chi connectivity index (χ0) is 17.4. The molecular weight excluding hydrogens is 330 g/mol. The third-order valence-electron chi connectivity index (χ3n) is 3.23. The number of hydrogen-bond donors (Lipinski definition) is 1. The van der Waals surface area contributed by atoms with Crippen LogP contribution < -0.4 is 19.5 Å². The fourth-order valence-electron chi connectivity index (χ4n) is 1.93. The first kappa shape index (κ1) is 17.9. The van der Waals surface area contributed by atoms with E-state index in [4.69, 9.17) is 25.8 Å². The van der Waals surface area contributed by atoms with Gasteiger partial charge in [0.2, 0.25) is 0 Å². The van der Waals surface area contributed by atoms with Crippen molar-refractivity contribution in [3.63, 3.8) is 0 Å². The van der Waals surface area contributed by atoms with E-state index >= 15 is 0 Å². The highest BCUT2D eigenvalue weighted by molar-refractivity contribution is 6.30. The Morgan fingerprint density at radius 2 is 1.62 bits per heavy atom. The predicted molar refractivity (Wildman–Crippen MR) is 93.0 cm³/mol. The molecule has 0 radical (unpaired) electrons. The SMILES string of the molecule is COc1ccc(OC(C)C(=O)NCCOc2ccc(Cl)cc2)cc1. The second-order valence-electron chi connectivity index (χ2n) is 5.03. The molecule has 0 aromatic heterocycles. The van der Waals surface area contributed by atoms with Crippen molar-refractivity contribution >= 4 is 17.5 Å². The van der Waals surface area contributed by atoms with E-state index in [1.165, 1.54) is 0 Å². The molecule has 0 aliphatic carbocycles. The molecule has 1 atom stereocenters. The van der Waals surface area contributed by atoms with Gasteiger partial charge in [-0.25, -0.2) is 0 Å². The van der Waals surface area contributed by atoms with Crippen LogP contribution in [-0.4, -0.2) is 32.3 Å². The Kier molecular flexibility index (Phi) is 6.75. The molecule has 0 saturated carbocycles. The number of benzene rings is 2. The van der Waals surface area contributed by atoms with Gasteiger partial charge in [0.15, 0.2) is 6.10 Å². The largest absolute Gasteiger partial charge is 0.497 e. The van der Waals surface area contributed by atoms with Crippen LogP contribution in [0.15, 0.2) is 48.5 Å². The number of methoxy groups -OCH3 is 1. The van der Waals surface area contributed by atoms with E-state index in [9.17, 15) is 4.79 Å². The average molecular weight is 350 g/mol. The van der Waals surface area contributed by atoms with Crippen LogP contribution in [0.2, 0.25) is 5.02 Å². The normalized spacial score (nSPS) is 11.5. The van der Waals surface area contributed by atoms with Crippen molar-refractivity contribution in [1.82, 2.24) is 5.32 Å². The smallest absolute Gasteiger partial charge is 0.260 e. The minimum atomic E-state index is -0.603. The predicted octanol–water partition coefficient (Wildman–Crippen LogP) is 3.31. The summed E-state index contributed by atoms with van der Waals surface area (Å²) in [6, 6.07) is 14.1. The summed E-state index contributed by atoms with van der Waals surface area (Å²) in [4.78, 5) is 12.0. The zero-order valence-electron chi connectivity index (χ0n) is 13.6. The monoisotopic (exact) mass is 349 g/mol. The molecule has 0 aliphatic rings. The minimum Gasteiger partial charge on any atom is -0.497 e. The van der Waals surface area contributed by atoms with Gasteiger partial charge in [-0.05, 0) is 55.5 Å². The van der Waals surface area contributed by atoms with Crippen molar-refractivity contribution < 1.29 is 19.0 Å². The van der Waals surface area contributed by atoms with Gasteiger partial charge in [0, 0.05) is 5.02 Å². The molecule has 6 heteroatoms. The lowest BCUT2D eigenvalue weighted by atomic mass is 10.3. The van der Waals surface area contributed by atoms with Gasteiger partial charge < -0.3 is 19.5 Å². The topological polar surface area (TPSA) is 56.8 Å². The van der Waals surface area contributed by atoms with E-state index in [0.29, 0.717) is 29.7 Å². The van der Waals surface area contributed by atoms with E-state index < -0.39 is 6.10 Å². The van der Waals surface area contributed by atoms with E-state index in [1.54, 1.807) is 62.6 Å². The number of amides is 1. The van der Waals surface area contributed by atoms with E-state index in [-0.39, 0.29) is 5.91 Å². The number of ether oxygens (including phenoxy) is 3. The third-order valence-corrected chi connectivity index (χ3v) is 3.48. The molecule has 1 N–H and O–H groups in total. The molecule has 5 nitrogen and oxygen atoms in total. The van der Waals surface area contributed by atoms with Gasteiger partial charge in [0.05, 0.1) is 13.7 Å². The maximum Gasteiger partial charge on any atom is 0.260 e. The molecule has 128 valence electrons. The van der Waals surface area contributed by atoms with E-state index in [2.05, 4.69) is 5.32 Å². The molecule has 24 heavy (non-hydrogen) atoms. The molecule has 2 rings (SSSR count). The van der Waals surface area contributed by atoms with Gasteiger partial charge in [0.1, 0.15) is 23.9 Å². The second-order valence-corrected chi connectivity index (χ2v) is 5.47. The van der Waals surface area contributed by atoms with Crippen LogP contribution in [0.4, 0.5) is 0 Å². The molecule has 0 aliphatic heterocycles. The van der Waals surface area contributed by atoms with Crippen molar-refractivity contribution in [2.45, 2.75) is 13.0 Å². The molecule has 0 spiro atoms. The fourth-order valence-corrected chi connectivity index (χ4v) is 2.06. The summed E-state index contributed by atoms with van der Waals surface area (Å²) in [7, 11) is 1.60. The molecule has 1 amide bonds. The molecule has 0 heterocycles. The number of hydrogen-bond acceptors (Lipinski definition) is 4. The lowest BCUT2D eigenvalue weighted by molar-refractivity contribution is -0.127. The Morgan fingerprint density at radius 1 is 1.04 bits per heavy atom. The van der Waals surface area contributed by atoms with Crippen LogP contribution in [0.5, 0.6) is 17.2 Å². The van der Waals surface area contributed by atoms with Gasteiger partial charge in [0.25, 0.3) is 5.91 Å². The molecule has 2 aromatic rings. The number of halogens is 1. The van der Waals surface area contributed by atoms with Crippen LogP contribution in [-0.2, 0) is 4.79 Å². The Labute approximate surface area is 146 Å². The van der Waals surface area contributed by atoms with Gasteiger partial charge in [-0.1, -0.05) is 11.6 Å². The molecule has 0 bridgehead atoms. The number of carbonyl (C=O) groups is 1. The standard InChI is InChI=1S/C18H20ClNO4/c1-13(24-17-9-7-15(22-2)8-10-17)18(21)20-11-12-23-16-5-3-14(19)4-6-16/h3-10,13H,11-12H2,1-2H3,(H,20,21). The van der Waals surface area contributed by atoms with E-state index in [1.807, 2.05) is 0 Å². The number of nitrogens with one attached hydrogen (secondary N) is 1. The van der Waals surface area contributed by atoms with Crippen LogP contribution in [0.3, 0.4) is 0 Å². The number of rotatable bonds is 8. The molecule has 0 saturated heterocycles. The van der Waals surface area contributed by atoms with Crippen LogP contribution in [0.1, 0.15) is 6.92 Å². The maximum absolute atomic E-state index is 12.0. The van der Waals surface area contributed by atoms with Gasteiger partial charge in [-0.3, -0.25) is 4.79 Å².